The number of rotatable bonds is 7. The number of anilines is 1. The number of halogens is 2. The molecule has 0 bridgehead atoms. The summed E-state index contributed by atoms with van der Waals surface area (Å²) in [6.45, 7) is 0.497. The van der Waals surface area contributed by atoms with Gasteiger partial charge in [0.05, 0.1) is 16.9 Å². The first-order valence-electron chi connectivity index (χ1n) is 9.15. The van der Waals surface area contributed by atoms with Gasteiger partial charge in [-0.05, 0) is 35.9 Å². The highest BCUT2D eigenvalue weighted by molar-refractivity contribution is 7.14. The Morgan fingerprint density at radius 1 is 1.00 bits per heavy atom. The average Bonchev–Trinajstić information content (AvgIpc) is 3.22. The van der Waals surface area contributed by atoms with Gasteiger partial charge in [0.15, 0.2) is 0 Å². The number of para-hydroxylation sites is 1. The summed E-state index contributed by atoms with van der Waals surface area (Å²) in [5.41, 5.74) is 6.55. The largest absolute Gasteiger partial charge is 0.488 e. The minimum absolute atomic E-state index is 0.497. The molecule has 1 aromatic heterocycles. The van der Waals surface area contributed by atoms with Gasteiger partial charge in [0.25, 0.3) is 0 Å². The van der Waals surface area contributed by atoms with Crippen LogP contribution in [0.5, 0.6) is 5.75 Å². The summed E-state index contributed by atoms with van der Waals surface area (Å²) in [6, 6.07) is 23.2. The van der Waals surface area contributed by atoms with Crippen molar-refractivity contribution in [1.29, 1.82) is 0 Å². The van der Waals surface area contributed by atoms with E-state index in [-0.39, 0.29) is 0 Å². The van der Waals surface area contributed by atoms with Crippen molar-refractivity contribution in [2.45, 2.75) is 6.61 Å². The van der Waals surface area contributed by atoms with E-state index in [4.69, 9.17) is 27.9 Å². The Balaban J connectivity index is 1.42. The molecule has 0 saturated heterocycles. The summed E-state index contributed by atoms with van der Waals surface area (Å²) in [5.74, 6) is 0.764. The maximum absolute atomic E-state index is 6.27. The van der Waals surface area contributed by atoms with E-state index in [2.05, 4.69) is 15.5 Å². The molecule has 30 heavy (non-hydrogen) atoms. The standard InChI is InChI=1S/C23H17Cl2N3OS/c24-18-10-11-19(20(25)12-18)21-15-30-23(27-21)28-26-13-17-8-4-5-9-22(17)29-14-16-6-2-1-3-7-16/h1-13,15H,14H2,(H,27,28)/b26-13+. The van der Waals surface area contributed by atoms with E-state index in [9.17, 15) is 0 Å². The van der Waals surface area contributed by atoms with Crippen LogP contribution in [0.3, 0.4) is 0 Å². The molecule has 0 aliphatic rings. The minimum atomic E-state index is 0.497. The Labute approximate surface area is 188 Å². The van der Waals surface area contributed by atoms with Gasteiger partial charge in [-0.25, -0.2) is 4.98 Å². The van der Waals surface area contributed by atoms with Crippen molar-refractivity contribution >= 4 is 45.9 Å². The number of hydrogen-bond donors (Lipinski definition) is 1. The second kappa shape index (κ2) is 9.76. The van der Waals surface area contributed by atoms with E-state index in [1.165, 1.54) is 11.3 Å². The molecule has 0 spiro atoms. The van der Waals surface area contributed by atoms with Crippen LogP contribution in [0.1, 0.15) is 11.1 Å². The number of nitrogens with zero attached hydrogens (tertiary/aromatic N) is 2. The lowest BCUT2D eigenvalue weighted by molar-refractivity contribution is 0.306. The van der Waals surface area contributed by atoms with E-state index in [0.29, 0.717) is 21.8 Å². The van der Waals surface area contributed by atoms with Crippen molar-refractivity contribution in [3.63, 3.8) is 0 Å². The molecule has 4 rings (SSSR count). The van der Waals surface area contributed by atoms with Gasteiger partial charge >= 0.3 is 0 Å². The quantitative estimate of drug-likeness (QED) is 0.238. The Kier molecular flexibility index (Phi) is 6.64. The maximum atomic E-state index is 6.27. The number of ether oxygens (including phenoxy) is 1. The van der Waals surface area contributed by atoms with Gasteiger partial charge in [0.2, 0.25) is 5.13 Å². The molecule has 0 aliphatic carbocycles. The molecule has 0 aliphatic heterocycles. The van der Waals surface area contributed by atoms with Crippen LogP contribution in [0.25, 0.3) is 11.3 Å². The molecule has 0 fully saturated rings. The normalized spacial score (nSPS) is 11.0. The molecule has 0 radical (unpaired) electrons. The maximum Gasteiger partial charge on any atom is 0.203 e. The van der Waals surface area contributed by atoms with Crippen LogP contribution in [0.15, 0.2) is 83.3 Å². The molecule has 0 atom stereocenters. The summed E-state index contributed by atoms with van der Waals surface area (Å²) >= 11 is 13.7. The number of benzene rings is 3. The molecule has 3 aromatic carbocycles. The second-order valence-corrected chi connectivity index (χ2v) is 8.05. The molecular formula is C23H17Cl2N3OS. The van der Waals surface area contributed by atoms with E-state index < -0.39 is 0 Å². The van der Waals surface area contributed by atoms with Crippen molar-refractivity contribution < 1.29 is 4.74 Å². The molecule has 150 valence electrons. The van der Waals surface area contributed by atoms with Crippen LogP contribution in [0, 0.1) is 0 Å². The third-order valence-electron chi connectivity index (χ3n) is 4.23. The summed E-state index contributed by atoms with van der Waals surface area (Å²) in [6.07, 6.45) is 1.72. The Morgan fingerprint density at radius 3 is 2.63 bits per heavy atom. The first-order valence-corrected chi connectivity index (χ1v) is 10.8. The van der Waals surface area contributed by atoms with Gasteiger partial charge in [-0.3, -0.25) is 5.43 Å². The van der Waals surface area contributed by atoms with Gasteiger partial charge in [0, 0.05) is 21.5 Å². The van der Waals surface area contributed by atoms with Crippen molar-refractivity contribution in [3.8, 4) is 17.0 Å². The molecule has 4 nitrogen and oxygen atoms in total. The third kappa shape index (κ3) is 5.19. The molecule has 7 heteroatoms. The lowest BCUT2D eigenvalue weighted by Gasteiger charge is -2.08. The number of hydrazone groups is 1. The van der Waals surface area contributed by atoms with E-state index >= 15 is 0 Å². The first kappa shape index (κ1) is 20.4. The Bertz CT molecular complexity index is 1160. The van der Waals surface area contributed by atoms with Crippen LogP contribution >= 0.6 is 34.5 Å². The molecule has 4 aromatic rings. The lowest BCUT2D eigenvalue weighted by Crippen LogP contribution is -1.99. The number of nitrogens with one attached hydrogen (secondary N) is 1. The fourth-order valence-electron chi connectivity index (χ4n) is 2.76. The highest BCUT2D eigenvalue weighted by atomic mass is 35.5. The topological polar surface area (TPSA) is 46.5 Å². The monoisotopic (exact) mass is 453 g/mol. The Morgan fingerprint density at radius 2 is 1.80 bits per heavy atom. The molecule has 1 N–H and O–H groups in total. The van der Waals surface area contributed by atoms with Crippen LogP contribution in [-0.4, -0.2) is 11.2 Å². The zero-order valence-electron chi connectivity index (χ0n) is 15.8. The average molecular weight is 454 g/mol. The predicted molar refractivity (Wildman–Crippen MR) is 126 cm³/mol. The van der Waals surface area contributed by atoms with Crippen molar-refractivity contribution in [2.75, 3.05) is 5.43 Å². The summed E-state index contributed by atoms with van der Waals surface area (Å²) in [5, 5.41) is 8.05. The van der Waals surface area contributed by atoms with E-state index in [1.54, 1.807) is 18.3 Å². The van der Waals surface area contributed by atoms with Crippen molar-refractivity contribution in [2.24, 2.45) is 5.10 Å². The Hall–Kier alpha value is -2.86. The SMILES string of the molecule is Clc1ccc(-c2csc(N/N=C/c3ccccc3OCc3ccccc3)n2)c(Cl)c1. The fraction of sp³-hybridized carbons (Fsp3) is 0.0435. The van der Waals surface area contributed by atoms with Crippen molar-refractivity contribution in [1.82, 2.24) is 4.98 Å². The lowest BCUT2D eigenvalue weighted by atomic mass is 10.2. The minimum Gasteiger partial charge on any atom is -0.488 e. The number of aromatic nitrogens is 1. The van der Waals surface area contributed by atoms with E-state index in [1.807, 2.05) is 66.0 Å². The molecule has 0 unspecified atom stereocenters. The highest BCUT2D eigenvalue weighted by Gasteiger charge is 2.08. The van der Waals surface area contributed by atoms with Crippen LogP contribution in [0.2, 0.25) is 10.0 Å². The van der Waals surface area contributed by atoms with Crippen LogP contribution < -0.4 is 10.2 Å². The fourth-order valence-corrected chi connectivity index (χ4v) is 3.92. The van der Waals surface area contributed by atoms with Gasteiger partial charge in [-0.15, -0.1) is 11.3 Å². The van der Waals surface area contributed by atoms with E-state index in [0.717, 1.165) is 28.1 Å². The number of hydrogen-bond acceptors (Lipinski definition) is 5. The molecule has 0 amide bonds. The molecule has 1 heterocycles. The molecular weight excluding hydrogens is 437 g/mol. The van der Waals surface area contributed by atoms with Gasteiger partial charge in [-0.2, -0.15) is 5.10 Å². The summed E-state index contributed by atoms with van der Waals surface area (Å²) < 4.78 is 5.95. The number of thiazole rings is 1. The molecule has 0 saturated carbocycles. The van der Waals surface area contributed by atoms with Crippen LogP contribution in [0.4, 0.5) is 5.13 Å². The zero-order valence-corrected chi connectivity index (χ0v) is 18.1. The second-order valence-electron chi connectivity index (χ2n) is 6.34. The van der Waals surface area contributed by atoms with Crippen molar-refractivity contribution in [3.05, 3.63) is 99.3 Å². The smallest absolute Gasteiger partial charge is 0.203 e. The van der Waals surface area contributed by atoms with Gasteiger partial charge < -0.3 is 4.74 Å². The highest BCUT2D eigenvalue weighted by Crippen LogP contribution is 2.32. The van der Waals surface area contributed by atoms with Crippen LogP contribution in [-0.2, 0) is 6.61 Å². The summed E-state index contributed by atoms with van der Waals surface area (Å²) in [4.78, 5) is 4.54. The predicted octanol–water partition coefficient (Wildman–Crippen LogP) is 7.14. The zero-order chi connectivity index (χ0) is 20.8. The third-order valence-corrected chi connectivity index (χ3v) is 5.53. The first-order chi connectivity index (χ1) is 14.7. The summed E-state index contributed by atoms with van der Waals surface area (Å²) in [7, 11) is 0. The van der Waals surface area contributed by atoms with Gasteiger partial charge in [-0.1, -0.05) is 65.7 Å². The van der Waals surface area contributed by atoms with Gasteiger partial charge in [0.1, 0.15) is 12.4 Å².